The maximum absolute atomic E-state index is 13.7. The minimum Gasteiger partial charge on any atom is -0.422 e. The first-order chi connectivity index (χ1) is 9.16. The van der Waals surface area contributed by atoms with Crippen molar-refractivity contribution in [1.29, 1.82) is 0 Å². The second-order valence-corrected chi connectivity index (χ2v) is 4.59. The van der Waals surface area contributed by atoms with Crippen LogP contribution in [0.4, 0.5) is 14.8 Å². The largest absolute Gasteiger partial charge is 0.422 e. The van der Waals surface area contributed by atoms with E-state index < -0.39 is 17.2 Å². The highest BCUT2D eigenvalue weighted by Gasteiger charge is 2.19. The molecular weight excluding hydrogens is 254 g/mol. The molecule has 1 aromatic carbocycles. The summed E-state index contributed by atoms with van der Waals surface area (Å²) >= 11 is 0. The van der Waals surface area contributed by atoms with Crippen LogP contribution in [0.15, 0.2) is 21.3 Å². The minimum absolute atomic E-state index is 0.0420. The Morgan fingerprint density at radius 2 is 1.89 bits per heavy atom. The predicted octanol–water partition coefficient (Wildman–Crippen LogP) is 2.46. The van der Waals surface area contributed by atoms with Gasteiger partial charge >= 0.3 is 6.01 Å². The van der Waals surface area contributed by atoms with E-state index in [1.54, 1.807) is 4.90 Å². The van der Waals surface area contributed by atoms with E-state index in [0.29, 0.717) is 13.1 Å². The number of anilines is 1. The Labute approximate surface area is 107 Å². The van der Waals surface area contributed by atoms with Crippen molar-refractivity contribution in [2.75, 3.05) is 18.0 Å². The van der Waals surface area contributed by atoms with Gasteiger partial charge in [-0.1, -0.05) is 0 Å². The molecule has 0 saturated carbocycles. The molecule has 0 atom stereocenters. The smallest absolute Gasteiger partial charge is 0.301 e. The molecule has 0 N–H and O–H groups in total. The molecule has 0 spiro atoms. The Morgan fingerprint density at radius 3 is 2.63 bits per heavy atom. The number of hydrogen-bond acceptors (Lipinski definition) is 4. The molecule has 1 saturated heterocycles. The zero-order chi connectivity index (χ0) is 13.4. The number of rotatable bonds is 1. The molecule has 6 heteroatoms. The molecule has 100 valence electrons. The van der Waals surface area contributed by atoms with Gasteiger partial charge in [-0.2, -0.15) is 9.37 Å². The van der Waals surface area contributed by atoms with Crippen molar-refractivity contribution in [3.05, 3.63) is 34.1 Å². The fraction of sp³-hybridized carbons (Fsp3) is 0.385. The first-order valence-electron chi connectivity index (χ1n) is 6.20. The monoisotopic (exact) mass is 266 g/mol. The van der Waals surface area contributed by atoms with Gasteiger partial charge in [0.25, 0.3) is 5.56 Å². The average Bonchev–Trinajstić information content (AvgIpc) is 2.44. The number of nitrogens with zero attached hydrogens (tertiary/aromatic N) is 2. The quantitative estimate of drug-likeness (QED) is 0.795. The van der Waals surface area contributed by atoms with Crippen LogP contribution in [0.2, 0.25) is 0 Å². The van der Waals surface area contributed by atoms with E-state index in [9.17, 15) is 13.6 Å². The summed E-state index contributed by atoms with van der Waals surface area (Å²) < 4.78 is 32.1. The Bertz CT molecular complexity index is 678. The van der Waals surface area contributed by atoms with Crippen LogP contribution in [0.5, 0.6) is 0 Å². The molecule has 0 unspecified atom stereocenters. The normalized spacial score (nSPS) is 16.0. The van der Waals surface area contributed by atoms with Crippen LogP contribution in [0, 0.1) is 11.6 Å². The Hall–Kier alpha value is -1.98. The summed E-state index contributed by atoms with van der Waals surface area (Å²) in [5, 5.41) is -0.0420. The lowest BCUT2D eigenvalue weighted by Gasteiger charge is -2.25. The molecule has 0 radical (unpaired) electrons. The minimum atomic E-state index is -1.14. The van der Waals surface area contributed by atoms with Crippen LogP contribution in [0.3, 0.4) is 0 Å². The van der Waals surface area contributed by atoms with Crippen molar-refractivity contribution < 1.29 is 13.2 Å². The first-order valence-corrected chi connectivity index (χ1v) is 6.20. The Kier molecular flexibility index (Phi) is 2.93. The molecule has 2 heterocycles. The maximum atomic E-state index is 13.7. The number of aromatic nitrogens is 1. The van der Waals surface area contributed by atoms with E-state index in [1.165, 1.54) is 6.07 Å². The lowest BCUT2D eigenvalue weighted by Crippen LogP contribution is -2.31. The SMILES string of the molecule is O=c1nc(N2CCCCC2)oc2c(F)c(F)ccc12. The van der Waals surface area contributed by atoms with E-state index in [0.717, 1.165) is 25.3 Å². The molecule has 0 aliphatic carbocycles. The number of hydrogen-bond donors (Lipinski definition) is 0. The molecule has 1 aliphatic heterocycles. The number of benzene rings is 1. The molecule has 2 aromatic rings. The van der Waals surface area contributed by atoms with Crippen molar-refractivity contribution in [1.82, 2.24) is 4.98 Å². The second-order valence-electron chi connectivity index (χ2n) is 4.59. The Morgan fingerprint density at radius 1 is 1.16 bits per heavy atom. The zero-order valence-corrected chi connectivity index (χ0v) is 10.2. The van der Waals surface area contributed by atoms with Crippen LogP contribution in [0.1, 0.15) is 19.3 Å². The molecule has 0 bridgehead atoms. The molecule has 3 rings (SSSR count). The summed E-state index contributed by atoms with van der Waals surface area (Å²) in [5.74, 6) is -2.18. The van der Waals surface area contributed by atoms with Crippen LogP contribution < -0.4 is 10.5 Å². The summed E-state index contributed by atoms with van der Waals surface area (Å²) in [6.07, 6.45) is 3.04. The Balaban J connectivity index is 2.17. The highest BCUT2D eigenvalue weighted by molar-refractivity contribution is 5.76. The molecule has 1 aliphatic rings. The van der Waals surface area contributed by atoms with Gasteiger partial charge in [0, 0.05) is 13.1 Å². The number of piperidine rings is 1. The van der Waals surface area contributed by atoms with Crippen molar-refractivity contribution in [3.8, 4) is 0 Å². The highest BCUT2D eigenvalue weighted by Crippen LogP contribution is 2.23. The number of fused-ring (bicyclic) bond motifs is 1. The van der Waals surface area contributed by atoms with E-state index >= 15 is 0 Å². The second kappa shape index (κ2) is 4.60. The van der Waals surface area contributed by atoms with Gasteiger partial charge in [-0.3, -0.25) is 4.79 Å². The van der Waals surface area contributed by atoms with Gasteiger partial charge in [-0.15, -0.1) is 0 Å². The van der Waals surface area contributed by atoms with Crippen molar-refractivity contribution in [2.24, 2.45) is 0 Å². The van der Waals surface area contributed by atoms with E-state index in [4.69, 9.17) is 4.42 Å². The molecule has 1 fully saturated rings. The van der Waals surface area contributed by atoms with E-state index in [1.807, 2.05) is 0 Å². The van der Waals surface area contributed by atoms with Gasteiger partial charge in [0.15, 0.2) is 11.4 Å². The summed E-state index contributed by atoms with van der Waals surface area (Å²) in [6, 6.07) is 2.16. The molecular formula is C13H12F2N2O2. The molecule has 1 aromatic heterocycles. The molecule has 0 amide bonds. The van der Waals surface area contributed by atoms with Crippen molar-refractivity contribution >= 4 is 17.0 Å². The lowest BCUT2D eigenvalue weighted by atomic mass is 10.1. The third-order valence-corrected chi connectivity index (χ3v) is 3.30. The zero-order valence-electron chi connectivity index (χ0n) is 10.2. The summed E-state index contributed by atoms with van der Waals surface area (Å²) in [6.45, 7) is 1.41. The van der Waals surface area contributed by atoms with Crippen LogP contribution >= 0.6 is 0 Å². The first kappa shape index (κ1) is 12.1. The van der Waals surface area contributed by atoms with Gasteiger partial charge in [0.05, 0.1) is 5.39 Å². The van der Waals surface area contributed by atoms with Gasteiger partial charge < -0.3 is 9.32 Å². The maximum Gasteiger partial charge on any atom is 0.301 e. The number of halogens is 2. The lowest BCUT2D eigenvalue weighted by molar-refractivity contribution is 0.464. The highest BCUT2D eigenvalue weighted by atomic mass is 19.2. The van der Waals surface area contributed by atoms with Crippen molar-refractivity contribution in [3.63, 3.8) is 0 Å². The van der Waals surface area contributed by atoms with Crippen molar-refractivity contribution in [2.45, 2.75) is 19.3 Å². The van der Waals surface area contributed by atoms with E-state index in [-0.39, 0.29) is 17.0 Å². The van der Waals surface area contributed by atoms with Gasteiger partial charge in [0.1, 0.15) is 0 Å². The average molecular weight is 266 g/mol. The summed E-state index contributed by atoms with van der Waals surface area (Å²) in [7, 11) is 0. The van der Waals surface area contributed by atoms with Crippen LogP contribution in [-0.2, 0) is 0 Å². The van der Waals surface area contributed by atoms with Crippen LogP contribution in [-0.4, -0.2) is 18.1 Å². The summed E-state index contributed by atoms with van der Waals surface area (Å²) in [4.78, 5) is 17.4. The van der Waals surface area contributed by atoms with Gasteiger partial charge in [-0.25, -0.2) is 4.39 Å². The fourth-order valence-electron chi connectivity index (χ4n) is 2.28. The third kappa shape index (κ3) is 2.07. The van der Waals surface area contributed by atoms with Gasteiger partial charge in [-0.05, 0) is 31.4 Å². The molecule has 4 nitrogen and oxygen atoms in total. The standard InChI is InChI=1S/C13H12F2N2O2/c14-9-5-4-8-11(10(9)15)19-13(16-12(8)18)17-6-2-1-3-7-17/h4-5H,1-3,6-7H2. The molecule has 19 heavy (non-hydrogen) atoms. The summed E-state index contributed by atoms with van der Waals surface area (Å²) in [5.41, 5.74) is -0.957. The fourth-order valence-corrected chi connectivity index (χ4v) is 2.28. The topological polar surface area (TPSA) is 46.3 Å². The van der Waals surface area contributed by atoms with Crippen LogP contribution in [0.25, 0.3) is 11.0 Å². The van der Waals surface area contributed by atoms with E-state index in [2.05, 4.69) is 4.98 Å². The third-order valence-electron chi connectivity index (χ3n) is 3.30. The predicted molar refractivity (Wildman–Crippen MR) is 66.3 cm³/mol. The van der Waals surface area contributed by atoms with Gasteiger partial charge in [0.2, 0.25) is 5.82 Å².